The number of nitrogens with zero attached hydrogens (tertiary/aromatic N) is 4. The summed E-state index contributed by atoms with van der Waals surface area (Å²) in [6, 6.07) is 0. The average Bonchev–Trinajstić information content (AvgIpc) is 3.11. The van der Waals surface area contributed by atoms with Gasteiger partial charge in [-0.2, -0.15) is 0 Å². The van der Waals surface area contributed by atoms with Crippen molar-refractivity contribution in [3.63, 3.8) is 0 Å². The highest BCUT2D eigenvalue weighted by molar-refractivity contribution is 7.99. The van der Waals surface area contributed by atoms with Crippen LogP contribution in [0.3, 0.4) is 0 Å². The molecule has 1 aliphatic carbocycles. The van der Waals surface area contributed by atoms with E-state index in [1.165, 1.54) is 44.9 Å². The number of aromatic nitrogens is 4. The lowest BCUT2D eigenvalue weighted by Gasteiger charge is -2.33. The van der Waals surface area contributed by atoms with Crippen molar-refractivity contribution in [3.8, 4) is 0 Å². The van der Waals surface area contributed by atoms with Crippen molar-refractivity contribution in [2.24, 2.45) is 0 Å². The molecule has 0 amide bonds. The number of likely N-dealkylation sites (N-methyl/N-ethyl adjacent to an activating group) is 1. The second kappa shape index (κ2) is 7.07. The predicted molar refractivity (Wildman–Crippen MR) is 82.4 cm³/mol. The molecule has 21 heavy (non-hydrogen) atoms. The Morgan fingerprint density at radius 1 is 1.33 bits per heavy atom. The van der Waals surface area contributed by atoms with E-state index in [0.717, 1.165) is 24.0 Å². The van der Waals surface area contributed by atoms with Gasteiger partial charge in [0.2, 0.25) is 5.16 Å². The first-order valence-electron chi connectivity index (χ1n) is 8.03. The summed E-state index contributed by atoms with van der Waals surface area (Å²) in [5.41, 5.74) is 0.210. The third-order valence-electron chi connectivity index (χ3n) is 4.57. The van der Waals surface area contributed by atoms with Crippen LogP contribution in [0.5, 0.6) is 0 Å². The average molecular weight is 311 g/mol. The molecule has 1 aromatic heterocycles. The van der Waals surface area contributed by atoms with E-state index < -0.39 is 0 Å². The summed E-state index contributed by atoms with van der Waals surface area (Å²) in [7, 11) is 1.94. The summed E-state index contributed by atoms with van der Waals surface area (Å²) in [5, 5.41) is 15.9. The fraction of sp³-hybridized carbons (Fsp3) is 0.929. The van der Waals surface area contributed by atoms with Gasteiger partial charge in [0.25, 0.3) is 0 Å². The Kier molecular flexibility index (Phi) is 5.13. The van der Waals surface area contributed by atoms with Crippen molar-refractivity contribution < 1.29 is 4.74 Å². The molecule has 0 bridgehead atoms. The third-order valence-corrected chi connectivity index (χ3v) is 5.66. The molecule has 1 unspecified atom stereocenters. The molecule has 3 rings (SSSR count). The van der Waals surface area contributed by atoms with Gasteiger partial charge in [0.1, 0.15) is 0 Å². The van der Waals surface area contributed by atoms with Crippen molar-refractivity contribution >= 4 is 11.8 Å². The summed E-state index contributed by atoms with van der Waals surface area (Å²) in [6.07, 6.45) is 9.35. The van der Waals surface area contributed by atoms with E-state index in [2.05, 4.69) is 20.8 Å². The maximum atomic E-state index is 6.40. The van der Waals surface area contributed by atoms with Gasteiger partial charge in [0.15, 0.2) is 0 Å². The molecular weight excluding hydrogens is 286 g/mol. The molecule has 1 saturated carbocycles. The molecule has 118 valence electrons. The maximum absolute atomic E-state index is 6.40. The largest absolute Gasteiger partial charge is 0.371 e. The zero-order valence-corrected chi connectivity index (χ0v) is 13.6. The molecule has 1 aliphatic heterocycles. The minimum absolute atomic E-state index is 0.210. The van der Waals surface area contributed by atoms with Gasteiger partial charge in [-0.25, -0.2) is 4.68 Å². The number of nitrogens with one attached hydrogen (secondary N) is 1. The molecule has 6 nitrogen and oxygen atoms in total. The molecule has 1 saturated heterocycles. The number of ether oxygens (including phenoxy) is 1. The van der Waals surface area contributed by atoms with E-state index >= 15 is 0 Å². The molecular formula is C14H25N5OS. The van der Waals surface area contributed by atoms with Crippen LogP contribution < -0.4 is 5.32 Å². The van der Waals surface area contributed by atoms with E-state index in [9.17, 15) is 0 Å². The van der Waals surface area contributed by atoms with Crippen molar-refractivity contribution in [3.05, 3.63) is 0 Å². The lowest BCUT2D eigenvalue weighted by molar-refractivity contribution is -0.0555. The monoisotopic (exact) mass is 311 g/mol. The molecule has 2 aliphatic rings. The van der Waals surface area contributed by atoms with E-state index in [4.69, 9.17) is 4.74 Å². The van der Waals surface area contributed by atoms with E-state index in [-0.39, 0.29) is 5.60 Å². The van der Waals surface area contributed by atoms with Crippen LogP contribution in [-0.4, -0.2) is 51.3 Å². The minimum atomic E-state index is 0.210. The van der Waals surface area contributed by atoms with Gasteiger partial charge in [0.05, 0.1) is 18.2 Å². The number of thioether (sulfide) groups is 1. The Labute approximate surface area is 130 Å². The van der Waals surface area contributed by atoms with Gasteiger partial charge < -0.3 is 10.1 Å². The lowest BCUT2D eigenvalue weighted by Crippen LogP contribution is -2.32. The van der Waals surface area contributed by atoms with Crippen LogP contribution in [0.4, 0.5) is 0 Å². The number of hydrogen-bond acceptors (Lipinski definition) is 6. The highest BCUT2D eigenvalue weighted by atomic mass is 32.2. The molecule has 2 heterocycles. The molecule has 1 N–H and O–H groups in total. The first kappa shape index (κ1) is 15.2. The third kappa shape index (κ3) is 3.76. The molecule has 1 spiro atoms. The fourth-order valence-corrected chi connectivity index (χ4v) is 4.34. The zero-order valence-electron chi connectivity index (χ0n) is 12.8. The van der Waals surface area contributed by atoms with E-state index in [1.54, 1.807) is 11.8 Å². The summed E-state index contributed by atoms with van der Waals surface area (Å²) in [6.45, 7) is 1.68. The van der Waals surface area contributed by atoms with Crippen LogP contribution in [0.25, 0.3) is 0 Å². The van der Waals surface area contributed by atoms with Gasteiger partial charge in [-0.15, -0.1) is 5.10 Å². The van der Waals surface area contributed by atoms with E-state index in [1.807, 2.05) is 11.7 Å². The van der Waals surface area contributed by atoms with Gasteiger partial charge in [-0.3, -0.25) is 0 Å². The Morgan fingerprint density at radius 2 is 2.19 bits per heavy atom. The topological polar surface area (TPSA) is 64.9 Å². The Morgan fingerprint density at radius 3 is 3.00 bits per heavy atom. The van der Waals surface area contributed by atoms with Crippen LogP contribution >= 0.6 is 11.8 Å². The van der Waals surface area contributed by atoms with Crippen LogP contribution in [0.1, 0.15) is 44.9 Å². The Bertz CT molecular complexity index is 446. The normalized spacial score (nSPS) is 24.7. The summed E-state index contributed by atoms with van der Waals surface area (Å²) < 4.78 is 8.27. The van der Waals surface area contributed by atoms with Gasteiger partial charge in [-0.05, 0) is 43.2 Å². The molecule has 1 atom stereocenters. The van der Waals surface area contributed by atoms with Crippen molar-refractivity contribution in [1.82, 2.24) is 25.5 Å². The van der Waals surface area contributed by atoms with Gasteiger partial charge in [0, 0.05) is 12.3 Å². The van der Waals surface area contributed by atoms with Crippen LogP contribution in [0.15, 0.2) is 5.16 Å². The Balaban J connectivity index is 1.48. The second-order valence-corrected chi connectivity index (χ2v) is 7.11. The highest BCUT2D eigenvalue weighted by Gasteiger charge is 2.40. The van der Waals surface area contributed by atoms with Crippen molar-refractivity contribution in [2.75, 3.05) is 19.3 Å². The molecule has 0 radical (unpaired) electrons. The van der Waals surface area contributed by atoms with Gasteiger partial charge in [-0.1, -0.05) is 31.0 Å². The fourth-order valence-electron chi connectivity index (χ4n) is 3.40. The number of hydrogen-bond donors (Lipinski definition) is 1. The Hall–Kier alpha value is -0.660. The maximum Gasteiger partial charge on any atom is 0.209 e. The first-order valence-corrected chi connectivity index (χ1v) is 9.01. The molecule has 2 fully saturated rings. The van der Waals surface area contributed by atoms with Crippen LogP contribution in [0.2, 0.25) is 0 Å². The van der Waals surface area contributed by atoms with Crippen LogP contribution in [0, 0.1) is 0 Å². The van der Waals surface area contributed by atoms with Gasteiger partial charge >= 0.3 is 0 Å². The minimum Gasteiger partial charge on any atom is -0.371 e. The first-order chi connectivity index (χ1) is 10.3. The smallest absolute Gasteiger partial charge is 0.209 e. The summed E-state index contributed by atoms with van der Waals surface area (Å²) in [5.74, 6) is 0.960. The highest BCUT2D eigenvalue weighted by Crippen LogP contribution is 2.42. The molecule has 7 heteroatoms. The lowest BCUT2D eigenvalue weighted by atomic mass is 9.83. The molecule has 1 aromatic rings. The summed E-state index contributed by atoms with van der Waals surface area (Å²) >= 11 is 1.72. The SMILES string of the molecule is CNCCn1nnnc1SCC1CCC2(CCCCC2)O1. The van der Waals surface area contributed by atoms with E-state index in [0.29, 0.717) is 6.10 Å². The number of rotatable bonds is 6. The predicted octanol–water partition coefficient (Wildman–Crippen LogP) is 1.87. The molecule has 0 aromatic carbocycles. The van der Waals surface area contributed by atoms with Crippen molar-refractivity contribution in [2.45, 2.75) is 68.4 Å². The standard InChI is InChI=1S/C14H25N5OS/c1-15-9-10-19-13(16-17-18-19)21-11-12-5-8-14(20-12)6-3-2-4-7-14/h12,15H,2-11H2,1H3. The zero-order chi connectivity index (χ0) is 14.5. The van der Waals surface area contributed by atoms with Crippen molar-refractivity contribution in [1.29, 1.82) is 0 Å². The quantitative estimate of drug-likeness (QED) is 0.809. The number of tetrazole rings is 1. The van der Waals surface area contributed by atoms with Crippen LogP contribution in [-0.2, 0) is 11.3 Å². The second-order valence-electron chi connectivity index (χ2n) is 6.12. The summed E-state index contributed by atoms with van der Waals surface area (Å²) in [4.78, 5) is 0.